The molecule has 0 spiro atoms. The molecule has 1 amide bonds. The fourth-order valence-electron chi connectivity index (χ4n) is 1.25. The molecule has 0 fully saturated rings. The first-order valence-electron chi connectivity index (χ1n) is 4.75. The highest BCUT2D eigenvalue weighted by molar-refractivity contribution is 9.10. The van der Waals surface area contributed by atoms with Crippen LogP contribution in [0.1, 0.15) is 15.5 Å². The van der Waals surface area contributed by atoms with Crippen molar-refractivity contribution in [2.24, 2.45) is 0 Å². The minimum absolute atomic E-state index is 0.337. The van der Waals surface area contributed by atoms with Gasteiger partial charge in [-0.25, -0.2) is 9.37 Å². The number of carbonyl (C=O) groups is 1. The average Bonchev–Trinajstić information content (AvgIpc) is 2.70. The van der Waals surface area contributed by atoms with E-state index in [0.717, 1.165) is 5.01 Å². The Labute approximate surface area is 110 Å². The molecule has 0 unspecified atom stereocenters. The van der Waals surface area contributed by atoms with Crippen LogP contribution >= 0.6 is 27.3 Å². The Bertz CT molecular complexity index is 570. The predicted octanol–water partition coefficient (Wildman–Crippen LogP) is 3.61. The standard InChI is InChI=1S/C11H8BrFN2OS/c1-6-14-10(5-17-6)11(16)15-9-4-7(13)2-3-8(9)12/h2-5H,1H3,(H,15,16). The maximum atomic E-state index is 13.0. The van der Waals surface area contributed by atoms with Gasteiger partial charge >= 0.3 is 0 Å². The summed E-state index contributed by atoms with van der Waals surface area (Å²) in [6.45, 7) is 1.82. The molecule has 2 rings (SSSR count). The van der Waals surface area contributed by atoms with Gasteiger partial charge < -0.3 is 5.32 Å². The fourth-order valence-corrected chi connectivity index (χ4v) is 2.19. The molecule has 0 saturated carbocycles. The molecule has 2 aromatic rings. The lowest BCUT2D eigenvalue weighted by atomic mass is 10.3. The van der Waals surface area contributed by atoms with Gasteiger partial charge in [-0.2, -0.15) is 0 Å². The molecular weight excluding hydrogens is 307 g/mol. The first kappa shape index (κ1) is 12.2. The van der Waals surface area contributed by atoms with Gasteiger partial charge in [0.05, 0.1) is 10.7 Å². The van der Waals surface area contributed by atoms with Crippen molar-refractivity contribution >= 4 is 38.9 Å². The summed E-state index contributed by atoms with van der Waals surface area (Å²) in [6.07, 6.45) is 0. The fraction of sp³-hybridized carbons (Fsp3) is 0.0909. The van der Waals surface area contributed by atoms with Crippen LogP contribution in [0.2, 0.25) is 0 Å². The smallest absolute Gasteiger partial charge is 0.275 e. The van der Waals surface area contributed by atoms with Gasteiger partial charge in [-0.05, 0) is 41.1 Å². The van der Waals surface area contributed by atoms with E-state index in [-0.39, 0.29) is 5.91 Å². The van der Waals surface area contributed by atoms with Gasteiger partial charge in [-0.1, -0.05) is 0 Å². The van der Waals surface area contributed by atoms with E-state index < -0.39 is 5.82 Å². The normalized spacial score (nSPS) is 10.3. The van der Waals surface area contributed by atoms with Crippen LogP contribution in [-0.4, -0.2) is 10.9 Å². The highest BCUT2D eigenvalue weighted by Crippen LogP contribution is 2.23. The third-order valence-electron chi connectivity index (χ3n) is 2.03. The average molecular weight is 315 g/mol. The number of nitrogens with zero attached hydrogens (tertiary/aromatic N) is 1. The summed E-state index contributed by atoms with van der Waals surface area (Å²) < 4.78 is 13.6. The second-order valence-corrected chi connectivity index (χ2v) is 5.25. The van der Waals surface area contributed by atoms with E-state index in [0.29, 0.717) is 15.9 Å². The van der Waals surface area contributed by atoms with E-state index in [1.165, 1.54) is 29.5 Å². The molecule has 6 heteroatoms. The number of carbonyl (C=O) groups excluding carboxylic acids is 1. The summed E-state index contributed by atoms with van der Waals surface area (Å²) in [6, 6.07) is 4.10. The lowest BCUT2D eigenvalue weighted by Gasteiger charge is -2.05. The summed E-state index contributed by atoms with van der Waals surface area (Å²) >= 11 is 4.63. The van der Waals surface area contributed by atoms with Crippen LogP contribution < -0.4 is 5.32 Å². The number of nitrogens with one attached hydrogen (secondary N) is 1. The van der Waals surface area contributed by atoms with E-state index in [1.807, 2.05) is 6.92 Å². The maximum Gasteiger partial charge on any atom is 0.275 e. The highest BCUT2D eigenvalue weighted by atomic mass is 79.9. The van der Waals surface area contributed by atoms with Crippen molar-refractivity contribution in [1.82, 2.24) is 4.98 Å². The Balaban J connectivity index is 2.21. The number of aryl methyl sites for hydroxylation is 1. The van der Waals surface area contributed by atoms with Gasteiger partial charge in [0.2, 0.25) is 0 Å². The van der Waals surface area contributed by atoms with Crippen molar-refractivity contribution in [2.75, 3.05) is 5.32 Å². The predicted molar refractivity (Wildman–Crippen MR) is 68.9 cm³/mol. The monoisotopic (exact) mass is 314 g/mol. The zero-order valence-corrected chi connectivity index (χ0v) is 11.2. The molecule has 1 aromatic heterocycles. The van der Waals surface area contributed by atoms with Crippen LogP contribution in [0.3, 0.4) is 0 Å². The minimum Gasteiger partial charge on any atom is -0.319 e. The Kier molecular flexibility index (Phi) is 3.54. The Morgan fingerprint density at radius 1 is 1.53 bits per heavy atom. The number of anilines is 1. The second-order valence-electron chi connectivity index (χ2n) is 3.33. The first-order chi connectivity index (χ1) is 8.06. The van der Waals surface area contributed by atoms with E-state index in [1.54, 1.807) is 5.38 Å². The quantitative estimate of drug-likeness (QED) is 0.920. The first-order valence-corrected chi connectivity index (χ1v) is 6.42. The summed E-state index contributed by atoms with van der Waals surface area (Å²) in [5, 5.41) is 5.08. The second kappa shape index (κ2) is 4.93. The van der Waals surface area contributed by atoms with Crippen LogP contribution in [0.4, 0.5) is 10.1 Å². The van der Waals surface area contributed by atoms with Gasteiger partial charge in [0.1, 0.15) is 11.5 Å². The van der Waals surface area contributed by atoms with Crippen molar-refractivity contribution in [1.29, 1.82) is 0 Å². The van der Waals surface area contributed by atoms with Crippen LogP contribution in [0.5, 0.6) is 0 Å². The molecule has 17 heavy (non-hydrogen) atoms. The van der Waals surface area contributed by atoms with Gasteiger partial charge in [0, 0.05) is 9.85 Å². The van der Waals surface area contributed by atoms with Crippen LogP contribution in [-0.2, 0) is 0 Å². The maximum absolute atomic E-state index is 13.0. The number of amides is 1. The zero-order valence-electron chi connectivity index (χ0n) is 8.83. The molecule has 0 aliphatic heterocycles. The number of aromatic nitrogens is 1. The number of rotatable bonds is 2. The third kappa shape index (κ3) is 2.89. The summed E-state index contributed by atoms with van der Waals surface area (Å²) in [7, 11) is 0. The third-order valence-corrected chi connectivity index (χ3v) is 3.49. The topological polar surface area (TPSA) is 42.0 Å². The lowest BCUT2D eigenvalue weighted by molar-refractivity contribution is 0.102. The number of hydrogen-bond acceptors (Lipinski definition) is 3. The van der Waals surface area contributed by atoms with Crippen molar-refractivity contribution in [3.05, 3.63) is 44.6 Å². The highest BCUT2D eigenvalue weighted by Gasteiger charge is 2.11. The van der Waals surface area contributed by atoms with Crippen LogP contribution in [0.25, 0.3) is 0 Å². The van der Waals surface area contributed by atoms with Gasteiger partial charge in [0.25, 0.3) is 5.91 Å². The van der Waals surface area contributed by atoms with E-state index in [2.05, 4.69) is 26.2 Å². The largest absolute Gasteiger partial charge is 0.319 e. The molecule has 0 aliphatic rings. The number of thiazole rings is 1. The SMILES string of the molecule is Cc1nc(C(=O)Nc2cc(F)ccc2Br)cs1. The van der Waals surface area contributed by atoms with Crippen molar-refractivity contribution in [2.45, 2.75) is 6.92 Å². The van der Waals surface area contributed by atoms with E-state index >= 15 is 0 Å². The number of hydrogen-bond donors (Lipinski definition) is 1. The lowest BCUT2D eigenvalue weighted by Crippen LogP contribution is -2.12. The van der Waals surface area contributed by atoms with Gasteiger partial charge in [0.15, 0.2) is 0 Å². The zero-order chi connectivity index (χ0) is 12.4. The molecular formula is C11H8BrFN2OS. The molecule has 1 N–H and O–H groups in total. The van der Waals surface area contributed by atoms with Crippen molar-refractivity contribution in [3.8, 4) is 0 Å². The molecule has 0 saturated heterocycles. The molecule has 0 aliphatic carbocycles. The van der Waals surface area contributed by atoms with Crippen molar-refractivity contribution < 1.29 is 9.18 Å². The summed E-state index contributed by atoms with van der Waals surface area (Å²) in [5.41, 5.74) is 0.726. The summed E-state index contributed by atoms with van der Waals surface area (Å²) in [5.74, 6) is -0.751. The Morgan fingerprint density at radius 3 is 2.94 bits per heavy atom. The molecule has 0 atom stereocenters. The summed E-state index contributed by atoms with van der Waals surface area (Å²) in [4.78, 5) is 15.8. The molecule has 1 aromatic carbocycles. The van der Waals surface area contributed by atoms with Crippen LogP contribution in [0, 0.1) is 12.7 Å². The Hall–Kier alpha value is -1.27. The molecule has 3 nitrogen and oxygen atoms in total. The van der Waals surface area contributed by atoms with Crippen LogP contribution in [0.15, 0.2) is 28.1 Å². The molecule has 1 heterocycles. The van der Waals surface area contributed by atoms with E-state index in [9.17, 15) is 9.18 Å². The van der Waals surface area contributed by atoms with Crippen molar-refractivity contribution in [3.63, 3.8) is 0 Å². The Morgan fingerprint density at radius 2 is 2.29 bits per heavy atom. The molecule has 0 radical (unpaired) electrons. The number of halogens is 2. The number of benzene rings is 1. The molecule has 0 bridgehead atoms. The molecule has 88 valence electrons. The van der Waals surface area contributed by atoms with Gasteiger partial charge in [-0.15, -0.1) is 11.3 Å². The van der Waals surface area contributed by atoms with Gasteiger partial charge in [-0.3, -0.25) is 4.79 Å². The minimum atomic E-state index is -0.405. The van der Waals surface area contributed by atoms with E-state index in [4.69, 9.17) is 0 Å².